The molecule has 9 nitrogen and oxygen atoms in total. The Bertz CT molecular complexity index is 1100. The fourth-order valence-electron chi connectivity index (χ4n) is 4.63. The number of nitrogens with two attached hydrogens (primary N) is 1. The number of urea groups is 1. The van der Waals surface area contributed by atoms with E-state index in [1.165, 1.54) is 0 Å². The van der Waals surface area contributed by atoms with Crippen molar-refractivity contribution in [3.8, 4) is 0 Å². The standard InChI is InChI=1S/C26H31N5O4S/c27-31-25(34)19(14-16-10-12-18(13-11-16)24(33)17-6-2-1-3-7-17)28-22(32)9-5-4-8-21-23-20(15-36-21)29-26(35)30-23/h1-3,6-7,10-13,19-21,23H,4-5,8-9,14-15,27H2,(H,28,32)(H,31,34)(H2,29,30,35)/t19?,20?,21-,23?/m0/s1. The van der Waals surface area contributed by atoms with Crippen LogP contribution in [0.5, 0.6) is 0 Å². The molecule has 2 aromatic carbocycles. The molecule has 2 saturated heterocycles. The minimum atomic E-state index is -0.816. The van der Waals surface area contributed by atoms with Crippen molar-refractivity contribution in [3.05, 3.63) is 71.3 Å². The number of hydrogen-bond acceptors (Lipinski definition) is 6. The predicted octanol–water partition coefficient (Wildman–Crippen LogP) is 1.66. The zero-order valence-corrected chi connectivity index (χ0v) is 20.7. The summed E-state index contributed by atoms with van der Waals surface area (Å²) >= 11 is 1.85. The van der Waals surface area contributed by atoms with Gasteiger partial charge in [0.25, 0.3) is 5.91 Å². The Morgan fingerprint density at radius 2 is 1.72 bits per heavy atom. The molecule has 4 atom stereocenters. The van der Waals surface area contributed by atoms with E-state index < -0.39 is 11.9 Å². The van der Waals surface area contributed by atoms with Crippen LogP contribution in [0, 0.1) is 0 Å². The Balaban J connectivity index is 1.24. The number of hydrazine groups is 1. The molecule has 2 fully saturated rings. The average Bonchev–Trinajstić information content (AvgIpc) is 3.45. The summed E-state index contributed by atoms with van der Waals surface area (Å²) in [6, 6.07) is 15.4. The van der Waals surface area contributed by atoms with Crippen LogP contribution in [0.1, 0.15) is 47.2 Å². The molecule has 0 spiro atoms. The van der Waals surface area contributed by atoms with Crippen LogP contribution in [-0.4, -0.2) is 52.8 Å². The van der Waals surface area contributed by atoms with Gasteiger partial charge >= 0.3 is 6.03 Å². The largest absolute Gasteiger partial charge is 0.344 e. The summed E-state index contributed by atoms with van der Waals surface area (Å²) in [6.07, 6.45) is 3.02. The van der Waals surface area contributed by atoms with Gasteiger partial charge in [0.2, 0.25) is 5.91 Å². The molecule has 2 heterocycles. The van der Waals surface area contributed by atoms with Crippen molar-refractivity contribution in [2.24, 2.45) is 5.84 Å². The number of carbonyl (C=O) groups excluding carboxylic acids is 4. The Hall–Kier alpha value is -3.37. The van der Waals surface area contributed by atoms with E-state index in [0.717, 1.165) is 24.2 Å². The smallest absolute Gasteiger partial charge is 0.315 e. The van der Waals surface area contributed by atoms with Gasteiger partial charge < -0.3 is 16.0 Å². The van der Waals surface area contributed by atoms with Crippen LogP contribution in [0.2, 0.25) is 0 Å². The van der Waals surface area contributed by atoms with Gasteiger partial charge in [-0.25, -0.2) is 10.6 Å². The van der Waals surface area contributed by atoms with Gasteiger partial charge in [0.15, 0.2) is 5.78 Å². The molecule has 190 valence electrons. The van der Waals surface area contributed by atoms with Crippen LogP contribution >= 0.6 is 11.8 Å². The van der Waals surface area contributed by atoms with Crippen molar-refractivity contribution in [2.45, 2.75) is 55.5 Å². The molecule has 6 N–H and O–H groups in total. The highest BCUT2D eigenvalue weighted by molar-refractivity contribution is 8.00. The van der Waals surface area contributed by atoms with E-state index in [2.05, 4.69) is 21.4 Å². The molecule has 0 bridgehead atoms. The van der Waals surface area contributed by atoms with Crippen molar-refractivity contribution >= 4 is 35.4 Å². The number of rotatable bonds is 11. The lowest BCUT2D eigenvalue weighted by Gasteiger charge is -2.18. The molecule has 0 aliphatic carbocycles. The van der Waals surface area contributed by atoms with Crippen molar-refractivity contribution < 1.29 is 19.2 Å². The number of fused-ring (bicyclic) bond motifs is 1. The molecular weight excluding hydrogens is 478 g/mol. The van der Waals surface area contributed by atoms with Gasteiger partial charge in [0.1, 0.15) is 6.04 Å². The van der Waals surface area contributed by atoms with Gasteiger partial charge in [-0.2, -0.15) is 11.8 Å². The minimum absolute atomic E-state index is 0.0789. The van der Waals surface area contributed by atoms with E-state index >= 15 is 0 Å². The summed E-state index contributed by atoms with van der Waals surface area (Å²) in [5, 5.41) is 9.04. The number of carbonyl (C=O) groups is 4. The Kier molecular flexibility index (Phi) is 8.61. The quantitative estimate of drug-likeness (QED) is 0.0779. The maximum Gasteiger partial charge on any atom is 0.315 e. The maximum absolute atomic E-state index is 12.6. The van der Waals surface area contributed by atoms with Gasteiger partial charge in [-0.1, -0.05) is 61.0 Å². The number of ketones is 1. The van der Waals surface area contributed by atoms with E-state index in [1.807, 2.05) is 30.0 Å². The third-order valence-electron chi connectivity index (χ3n) is 6.57. The highest BCUT2D eigenvalue weighted by Gasteiger charge is 2.42. The summed E-state index contributed by atoms with van der Waals surface area (Å²) in [7, 11) is 0. The Labute approximate surface area is 214 Å². The summed E-state index contributed by atoms with van der Waals surface area (Å²) in [5.74, 6) is 5.47. The number of hydrogen-bond donors (Lipinski definition) is 5. The van der Waals surface area contributed by atoms with Crippen molar-refractivity contribution in [1.29, 1.82) is 0 Å². The molecule has 36 heavy (non-hydrogen) atoms. The predicted molar refractivity (Wildman–Crippen MR) is 138 cm³/mol. The molecule has 2 aliphatic heterocycles. The van der Waals surface area contributed by atoms with E-state index in [0.29, 0.717) is 29.2 Å². The molecule has 0 saturated carbocycles. The number of amides is 4. The first-order chi connectivity index (χ1) is 17.4. The van der Waals surface area contributed by atoms with Crippen molar-refractivity contribution in [3.63, 3.8) is 0 Å². The number of unbranched alkanes of at least 4 members (excludes halogenated alkanes) is 1. The minimum Gasteiger partial charge on any atom is -0.344 e. The lowest BCUT2D eigenvalue weighted by molar-refractivity contribution is -0.129. The monoisotopic (exact) mass is 509 g/mol. The first kappa shape index (κ1) is 25.7. The number of nitrogens with one attached hydrogen (secondary N) is 4. The van der Waals surface area contributed by atoms with Gasteiger partial charge in [-0.15, -0.1) is 0 Å². The molecule has 4 amide bonds. The van der Waals surface area contributed by atoms with Crippen LogP contribution in [-0.2, 0) is 16.0 Å². The molecule has 0 radical (unpaired) electrons. The molecule has 3 unspecified atom stereocenters. The van der Waals surface area contributed by atoms with E-state index in [4.69, 9.17) is 5.84 Å². The zero-order chi connectivity index (χ0) is 25.5. The van der Waals surface area contributed by atoms with Crippen molar-refractivity contribution in [1.82, 2.24) is 21.4 Å². The Morgan fingerprint density at radius 1 is 1.00 bits per heavy atom. The highest BCUT2D eigenvalue weighted by Crippen LogP contribution is 2.33. The molecule has 10 heteroatoms. The van der Waals surface area contributed by atoms with Gasteiger partial charge in [-0.3, -0.25) is 19.8 Å². The van der Waals surface area contributed by atoms with E-state index in [-0.39, 0.29) is 36.2 Å². The molecular formula is C26H31N5O4S. The van der Waals surface area contributed by atoms with E-state index in [9.17, 15) is 19.2 Å². The summed E-state index contributed by atoms with van der Waals surface area (Å²) in [5.41, 5.74) is 4.07. The third kappa shape index (κ3) is 6.44. The second-order valence-corrected chi connectivity index (χ2v) is 10.4. The molecule has 4 rings (SSSR count). The second kappa shape index (κ2) is 12.0. The lowest BCUT2D eigenvalue weighted by Crippen LogP contribution is -2.50. The van der Waals surface area contributed by atoms with Crippen LogP contribution < -0.4 is 27.2 Å². The first-order valence-corrected chi connectivity index (χ1v) is 13.2. The number of thioether (sulfide) groups is 1. The summed E-state index contributed by atoms with van der Waals surface area (Å²) < 4.78 is 0. The molecule has 2 aliphatic rings. The topological polar surface area (TPSA) is 142 Å². The van der Waals surface area contributed by atoms with Crippen LogP contribution in [0.4, 0.5) is 4.79 Å². The molecule has 0 aromatic heterocycles. The van der Waals surface area contributed by atoms with Crippen LogP contribution in [0.25, 0.3) is 0 Å². The van der Waals surface area contributed by atoms with Gasteiger partial charge in [0.05, 0.1) is 12.1 Å². The van der Waals surface area contributed by atoms with Crippen molar-refractivity contribution in [2.75, 3.05) is 5.75 Å². The molecule has 2 aromatic rings. The second-order valence-electron chi connectivity index (χ2n) is 9.09. The summed E-state index contributed by atoms with van der Waals surface area (Å²) in [6.45, 7) is 0. The fourth-order valence-corrected chi connectivity index (χ4v) is 6.18. The van der Waals surface area contributed by atoms with Crippen LogP contribution in [0.3, 0.4) is 0 Å². The summed E-state index contributed by atoms with van der Waals surface area (Å²) in [4.78, 5) is 48.9. The normalized spacial score (nSPS) is 21.1. The maximum atomic E-state index is 12.6. The average molecular weight is 510 g/mol. The van der Waals surface area contributed by atoms with Gasteiger partial charge in [0, 0.05) is 35.0 Å². The van der Waals surface area contributed by atoms with Gasteiger partial charge in [-0.05, 0) is 18.4 Å². The third-order valence-corrected chi connectivity index (χ3v) is 8.08. The zero-order valence-electron chi connectivity index (χ0n) is 19.9. The highest BCUT2D eigenvalue weighted by atomic mass is 32.2. The Morgan fingerprint density at radius 3 is 2.44 bits per heavy atom. The fraction of sp³-hybridized carbons (Fsp3) is 0.385. The number of benzene rings is 2. The van der Waals surface area contributed by atoms with Crippen LogP contribution in [0.15, 0.2) is 54.6 Å². The lowest BCUT2D eigenvalue weighted by atomic mass is 9.99. The SMILES string of the molecule is NNC(=O)C(Cc1ccc(C(=O)c2ccccc2)cc1)NC(=O)CCCC[C@@H]1SCC2NC(=O)NC21. The van der Waals surface area contributed by atoms with E-state index in [1.54, 1.807) is 36.4 Å². The first-order valence-electron chi connectivity index (χ1n) is 12.1.